The minimum atomic E-state index is -0.131. The predicted molar refractivity (Wildman–Crippen MR) is 36.0 cm³/mol. The van der Waals surface area contributed by atoms with Crippen LogP contribution in [-0.4, -0.2) is 37.5 Å². The molecule has 3 heteroatoms. The Morgan fingerprint density at radius 1 is 1.10 bits per heavy atom. The molecule has 0 radical (unpaired) electrons. The number of likely N-dealkylation sites (tertiary alicyclic amines) is 1. The first kappa shape index (κ1) is 6.58. The van der Waals surface area contributed by atoms with Gasteiger partial charge in [-0.3, -0.25) is 0 Å². The summed E-state index contributed by atoms with van der Waals surface area (Å²) in [5.41, 5.74) is 0. The monoisotopic (exact) mass is 144 g/mol. The van der Waals surface area contributed by atoms with E-state index in [4.69, 9.17) is 9.78 Å². The lowest BCUT2D eigenvalue weighted by atomic mass is 10.0. The molecule has 0 bridgehead atoms. The van der Waals surface area contributed by atoms with E-state index in [-0.39, 0.29) is 5.79 Å². The summed E-state index contributed by atoms with van der Waals surface area (Å²) in [5, 5.41) is 0. The van der Waals surface area contributed by atoms with Crippen LogP contribution in [0.15, 0.2) is 0 Å². The smallest absolute Gasteiger partial charge is 0.244 e. The van der Waals surface area contributed by atoms with Crippen LogP contribution >= 0.6 is 0 Å². The van der Waals surface area contributed by atoms with Gasteiger partial charge in [0.05, 0.1) is 40.0 Å². The lowest BCUT2D eigenvalue weighted by Crippen LogP contribution is -2.48. The normalized spacial score (nSPS) is 34.2. The molecule has 3 nitrogen and oxygen atoms in total. The first-order valence-electron chi connectivity index (χ1n) is 3.81. The molecule has 1 spiro atoms. The van der Waals surface area contributed by atoms with Crippen molar-refractivity contribution in [2.45, 2.75) is 18.6 Å². The summed E-state index contributed by atoms with van der Waals surface area (Å²) in [7, 11) is 4.49. The van der Waals surface area contributed by atoms with E-state index in [2.05, 4.69) is 14.1 Å². The number of nitrogens with zero attached hydrogens (tertiary/aromatic N) is 1. The summed E-state index contributed by atoms with van der Waals surface area (Å²) < 4.78 is 1.11. The van der Waals surface area contributed by atoms with Gasteiger partial charge in [-0.2, -0.15) is 9.78 Å². The molecule has 58 valence electrons. The third kappa shape index (κ3) is 1.05. The summed E-state index contributed by atoms with van der Waals surface area (Å²) in [6.45, 7) is 2.33. The Labute approximate surface area is 61.0 Å². The summed E-state index contributed by atoms with van der Waals surface area (Å²) in [6.07, 6.45) is 2.11. The fourth-order valence-electron chi connectivity index (χ4n) is 1.41. The highest BCUT2D eigenvalue weighted by molar-refractivity contribution is 4.76. The Balaban J connectivity index is 1.95. The molecule has 0 amide bonds. The van der Waals surface area contributed by atoms with E-state index in [1.807, 2.05) is 0 Å². The fourth-order valence-corrected chi connectivity index (χ4v) is 1.41. The van der Waals surface area contributed by atoms with Crippen molar-refractivity contribution in [3.8, 4) is 0 Å². The standard InChI is InChI=1S/C7H14NO2/c1-8(2)5-3-7(4-6-8)9-10-7/h3-6H2,1-2H3/q+1. The van der Waals surface area contributed by atoms with Gasteiger partial charge in [-0.15, -0.1) is 0 Å². The molecule has 10 heavy (non-hydrogen) atoms. The molecule has 2 saturated heterocycles. The van der Waals surface area contributed by atoms with E-state index in [1.165, 1.54) is 13.1 Å². The summed E-state index contributed by atoms with van der Waals surface area (Å²) in [5.74, 6) is -0.131. The molecule has 0 atom stereocenters. The summed E-state index contributed by atoms with van der Waals surface area (Å²) in [4.78, 5) is 9.84. The Hall–Kier alpha value is -0.120. The van der Waals surface area contributed by atoms with Crippen molar-refractivity contribution in [3.63, 3.8) is 0 Å². The van der Waals surface area contributed by atoms with Crippen LogP contribution in [0.25, 0.3) is 0 Å². The first-order valence-corrected chi connectivity index (χ1v) is 3.81. The second-order valence-corrected chi connectivity index (χ2v) is 3.96. The van der Waals surface area contributed by atoms with E-state index in [0.717, 1.165) is 17.3 Å². The van der Waals surface area contributed by atoms with Crippen LogP contribution in [-0.2, 0) is 9.78 Å². The van der Waals surface area contributed by atoms with Gasteiger partial charge in [0.2, 0.25) is 5.79 Å². The zero-order valence-corrected chi connectivity index (χ0v) is 6.59. The topological polar surface area (TPSA) is 25.1 Å². The molecule has 2 rings (SSSR count). The van der Waals surface area contributed by atoms with Gasteiger partial charge < -0.3 is 4.48 Å². The molecule has 0 aliphatic carbocycles. The van der Waals surface area contributed by atoms with Crippen LogP contribution in [0.4, 0.5) is 0 Å². The van der Waals surface area contributed by atoms with Crippen molar-refractivity contribution in [2.75, 3.05) is 27.2 Å². The molecular formula is C7H14NO2+. The highest BCUT2D eigenvalue weighted by atomic mass is 17.4. The average Bonchev–Trinajstić information content (AvgIpc) is 2.60. The summed E-state index contributed by atoms with van der Waals surface area (Å²) >= 11 is 0. The van der Waals surface area contributed by atoms with Gasteiger partial charge in [0, 0.05) is 0 Å². The molecule has 2 aliphatic heterocycles. The molecule has 0 aromatic rings. The van der Waals surface area contributed by atoms with E-state index >= 15 is 0 Å². The quantitative estimate of drug-likeness (QED) is 0.281. The molecular weight excluding hydrogens is 130 g/mol. The molecule has 0 N–H and O–H groups in total. The van der Waals surface area contributed by atoms with Gasteiger partial charge in [-0.05, 0) is 0 Å². The third-order valence-corrected chi connectivity index (χ3v) is 2.52. The van der Waals surface area contributed by atoms with Crippen molar-refractivity contribution in [3.05, 3.63) is 0 Å². The number of quaternary nitrogens is 1. The highest BCUT2D eigenvalue weighted by Gasteiger charge is 2.53. The maximum Gasteiger partial charge on any atom is 0.244 e. The van der Waals surface area contributed by atoms with E-state index < -0.39 is 0 Å². The minimum absolute atomic E-state index is 0.131. The van der Waals surface area contributed by atoms with Gasteiger partial charge in [0.15, 0.2) is 0 Å². The molecule has 2 fully saturated rings. The lowest BCUT2D eigenvalue weighted by molar-refractivity contribution is -0.896. The number of hydrogen-bond acceptors (Lipinski definition) is 2. The van der Waals surface area contributed by atoms with E-state index in [9.17, 15) is 0 Å². The van der Waals surface area contributed by atoms with Gasteiger partial charge in [0.1, 0.15) is 0 Å². The fraction of sp³-hybridized carbons (Fsp3) is 1.00. The first-order chi connectivity index (χ1) is 4.62. The van der Waals surface area contributed by atoms with E-state index in [0.29, 0.717) is 0 Å². The lowest BCUT2D eigenvalue weighted by Gasteiger charge is -2.34. The zero-order chi connectivity index (χ0) is 7.24. The molecule has 2 heterocycles. The number of rotatable bonds is 0. The van der Waals surface area contributed by atoms with Gasteiger partial charge in [-0.25, -0.2) is 0 Å². The van der Waals surface area contributed by atoms with Crippen LogP contribution in [0.3, 0.4) is 0 Å². The molecule has 0 aromatic carbocycles. The summed E-state index contributed by atoms with van der Waals surface area (Å²) in [6, 6.07) is 0. The molecule has 0 unspecified atom stereocenters. The third-order valence-electron chi connectivity index (χ3n) is 2.52. The Kier molecular flexibility index (Phi) is 1.14. The van der Waals surface area contributed by atoms with E-state index in [1.54, 1.807) is 0 Å². The van der Waals surface area contributed by atoms with Crippen LogP contribution in [0.1, 0.15) is 12.8 Å². The Bertz CT molecular complexity index is 134. The van der Waals surface area contributed by atoms with Crippen molar-refractivity contribution < 1.29 is 14.3 Å². The predicted octanol–water partition coefficient (Wildman–Crippen LogP) is 0.515. The average molecular weight is 144 g/mol. The maximum atomic E-state index is 4.92. The van der Waals surface area contributed by atoms with Gasteiger partial charge in [0.25, 0.3) is 0 Å². The highest BCUT2D eigenvalue weighted by Crippen LogP contribution is 2.40. The Morgan fingerprint density at radius 2 is 1.60 bits per heavy atom. The van der Waals surface area contributed by atoms with Crippen molar-refractivity contribution >= 4 is 0 Å². The maximum absolute atomic E-state index is 4.92. The van der Waals surface area contributed by atoms with Crippen molar-refractivity contribution in [2.24, 2.45) is 0 Å². The second kappa shape index (κ2) is 1.72. The van der Waals surface area contributed by atoms with Crippen LogP contribution in [0.2, 0.25) is 0 Å². The van der Waals surface area contributed by atoms with Crippen LogP contribution in [0.5, 0.6) is 0 Å². The largest absolute Gasteiger partial charge is 0.328 e. The molecule has 2 aliphatic rings. The van der Waals surface area contributed by atoms with Crippen molar-refractivity contribution in [1.82, 2.24) is 0 Å². The SMILES string of the molecule is C[N+]1(C)CCC2(CC1)OO2. The van der Waals surface area contributed by atoms with Crippen molar-refractivity contribution in [1.29, 1.82) is 0 Å². The molecule has 0 aromatic heterocycles. The Morgan fingerprint density at radius 3 is 2.00 bits per heavy atom. The second-order valence-electron chi connectivity index (χ2n) is 3.96. The number of hydrogen-bond donors (Lipinski definition) is 0. The van der Waals surface area contributed by atoms with Gasteiger partial charge in [-0.1, -0.05) is 0 Å². The van der Waals surface area contributed by atoms with Crippen LogP contribution < -0.4 is 0 Å². The minimum Gasteiger partial charge on any atom is -0.328 e. The van der Waals surface area contributed by atoms with Crippen LogP contribution in [0, 0.1) is 0 Å². The number of piperidine rings is 1. The van der Waals surface area contributed by atoms with Gasteiger partial charge >= 0.3 is 0 Å². The zero-order valence-electron chi connectivity index (χ0n) is 6.59. The molecule has 0 saturated carbocycles.